The highest BCUT2D eigenvalue weighted by atomic mass is 16.6. The van der Waals surface area contributed by atoms with Gasteiger partial charge in [-0.1, -0.05) is 0 Å². The molecule has 0 bridgehead atoms. The first-order valence-electron chi connectivity index (χ1n) is 4.36. The van der Waals surface area contributed by atoms with E-state index in [0.717, 1.165) is 13.8 Å². The molecule has 3 atom stereocenters. The fraction of sp³-hybridized carbons (Fsp3) is 0.667. The van der Waals surface area contributed by atoms with Crippen LogP contribution >= 0.6 is 0 Å². The Morgan fingerprint density at radius 1 is 1.20 bits per heavy atom. The smallest absolute Gasteiger partial charge is 0.303 e. The molecule has 15 heavy (non-hydrogen) atoms. The maximum Gasteiger partial charge on any atom is 0.303 e. The van der Waals surface area contributed by atoms with Crippen molar-refractivity contribution in [2.45, 2.75) is 39.1 Å². The molecule has 0 amide bonds. The normalized spacial score (nSPS) is 16.0. The molecule has 0 rings (SSSR count). The van der Waals surface area contributed by atoms with Crippen LogP contribution in [0.15, 0.2) is 0 Å². The number of ether oxygens (including phenoxy) is 2. The molecule has 0 saturated heterocycles. The topological polar surface area (TPSA) is 89.9 Å². The number of carbonyl (C=O) groups is 3. The van der Waals surface area contributed by atoms with E-state index in [2.05, 4.69) is 9.47 Å². The predicted octanol–water partition coefficient (Wildman–Crippen LogP) is -0.571. The van der Waals surface area contributed by atoms with Crippen LogP contribution < -0.4 is 0 Å². The second-order valence-electron chi connectivity index (χ2n) is 3.02. The van der Waals surface area contributed by atoms with Gasteiger partial charge in [-0.3, -0.25) is 14.4 Å². The predicted molar refractivity (Wildman–Crippen MR) is 48.9 cm³/mol. The van der Waals surface area contributed by atoms with Crippen LogP contribution in [-0.2, 0) is 23.9 Å². The summed E-state index contributed by atoms with van der Waals surface area (Å²) >= 11 is 0. The molecule has 0 aromatic carbocycles. The van der Waals surface area contributed by atoms with Gasteiger partial charge in [0.1, 0.15) is 0 Å². The lowest BCUT2D eigenvalue weighted by Gasteiger charge is -2.24. The number of hydrogen-bond donors (Lipinski definition) is 1. The third kappa shape index (κ3) is 5.11. The molecule has 0 aromatic rings. The molecule has 0 radical (unpaired) electrons. The molecule has 6 nitrogen and oxygen atoms in total. The lowest BCUT2D eigenvalue weighted by atomic mass is 10.1. The van der Waals surface area contributed by atoms with Gasteiger partial charge in [-0.2, -0.15) is 0 Å². The van der Waals surface area contributed by atoms with Gasteiger partial charge in [-0.05, 0) is 6.92 Å². The van der Waals surface area contributed by atoms with Crippen molar-refractivity contribution in [2.75, 3.05) is 0 Å². The lowest BCUT2D eigenvalue weighted by molar-refractivity contribution is -0.173. The maximum absolute atomic E-state index is 10.7. The molecule has 1 N–H and O–H groups in total. The Kier molecular flexibility index (Phi) is 5.54. The number of aliphatic hydroxyl groups is 1. The maximum atomic E-state index is 10.7. The summed E-state index contributed by atoms with van der Waals surface area (Å²) in [6, 6.07) is 0. The van der Waals surface area contributed by atoms with Crippen LogP contribution in [0.2, 0.25) is 0 Å². The first-order valence-corrected chi connectivity index (χ1v) is 4.36. The van der Waals surface area contributed by atoms with E-state index in [-0.39, 0.29) is 0 Å². The van der Waals surface area contributed by atoms with Crippen LogP contribution in [-0.4, -0.2) is 41.6 Å². The van der Waals surface area contributed by atoms with Crippen LogP contribution in [0, 0.1) is 0 Å². The Balaban J connectivity index is 4.61. The Bertz CT molecular complexity index is 247. The number of aliphatic hydroxyl groups excluding tert-OH is 1. The van der Waals surface area contributed by atoms with Crippen molar-refractivity contribution in [3.63, 3.8) is 0 Å². The van der Waals surface area contributed by atoms with Gasteiger partial charge < -0.3 is 14.6 Å². The average molecular weight is 218 g/mol. The highest BCUT2D eigenvalue weighted by Crippen LogP contribution is 2.08. The fourth-order valence-corrected chi connectivity index (χ4v) is 0.996. The average Bonchev–Trinajstić information content (AvgIpc) is 2.09. The van der Waals surface area contributed by atoms with Gasteiger partial charge in [0.2, 0.25) is 0 Å². The van der Waals surface area contributed by atoms with E-state index in [9.17, 15) is 19.5 Å². The molecular weight excluding hydrogens is 204 g/mol. The zero-order valence-electron chi connectivity index (χ0n) is 8.80. The van der Waals surface area contributed by atoms with Crippen molar-refractivity contribution in [1.82, 2.24) is 0 Å². The second kappa shape index (κ2) is 6.13. The van der Waals surface area contributed by atoms with Crippen LogP contribution in [0.25, 0.3) is 0 Å². The second-order valence-corrected chi connectivity index (χ2v) is 3.02. The molecule has 0 fully saturated rings. The van der Waals surface area contributed by atoms with Crippen molar-refractivity contribution < 1.29 is 29.0 Å². The molecule has 0 aromatic heterocycles. The SMILES string of the molecule is CC(=O)O[C@@H]([C@H](C)O)[C@@H](C=O)OC(C)=O. The highest BCUT2D eigenvalue weighted by Gasteiger charge is 2.30. The van der Waals surface area contributed by atoms with Crippen molar-refractivity contribution in [1.29, 1.82) is 0 Å². The molecule has 0 heterocycles. The van der Waals surface area contributed by atoms with Gasteiger partial charge in [0.15, 0.2) is 18.5 Å². The summed E-state index contributed by atoms with van der Waals surface area (Å²) in [4.78, 5) is 31.9. The third-order valence-corrected chi connectivity index (χ3v) is 1.54. The number of hydrogen-bond acceptors (Lipinski definition) is 6. The van der Waals surface area contributed by atoms with Crippen molar-refractivity contribution in [3.8, 4) is 0 Å². The number of aldehydes is 1. The minimum absolute atomic E-state index is 0.307. The van der Waals surface area contributed by atoms with E-state index in [4.69, 9.17) is 0 Å². The molecule has 86 valence electrons. The largest absolute Gasteiger partial charge is 0.455 e. The minimum atomic E-state index is -1.29. The van der Waals surface area contributed by atoms with Crippen molar-refractivity contribution >= 4 is 18.2 Å². The van der Waals surface area contributed by atoms with Gasteiger partial charge in [-0.25, -0.2) is 0 Å². The van der Waals surface area contributed by atoms with E-state index < -0.39 is 30.3 Å². The van der Waals surface area contributed by atoms with E-state index in [0.29, 0.717) is 6.29 Å². The summed E-state index contributed by atoms with van der Waals surface area (Å²) < 4.78 is 9.25. The van der Waals surface area contributed by atoms with Crippen LogP contribution in [0.1, 0.15) is 20.8 Å². The lowest BCUT2D eigenvalue weighted by Crippen LogP contribution is -2.42. The van der Waals surface area contributed by atoms with Gasteiger partial charge in [0, 0.05) is 13.8 Å². The van der Waals surface area contributed by atoms with E-state index in [1.807, 2.05) is 0 Å². The molecule has 0 spiro atoms. The van der Waals surface area contributed by atoms with Crippen LogP contribution in [0.4, 0.5) is 0 Å². The summed E-state index contributed by atoms with van der Waals surface area (Å²) in [5.41, 5.74) is 0. The first kappa shape index (κ1) is 13.6. The van der Waals surface area contributed by atoms with Gasteiger partial charge >= 0.3 is 11.9 Å². The van der Waals surface area contributed by atoms with Gasteiger partial charge in [-0.15, -0.1) is 0 Å². The summed E-state index contributed by atoms with van der Waals surface area (Å²) in [6.07, 6.45) is -3.26. The Morgan fingerprint density at radius 3 is 1.93 bits per heavy atom. The van der Waals surface area contributed by atoms with Crippen molar-refractivity contribution in [2.24, 2.45) is 0 Å². The number of esters is 2. The van der Waals surface area contributed by atoms with Crippen LogP contribution in [0.3, 0.4) is 0 Å². The quantitative estimate of drug-likeness (QED) is 0.491. The van der Waals surface area contributed by atoms with Gasteiger partial charge in [0.25, 0.3) is 0 Å². The van der Waals surface area contributed by atoms with Crippen LogP contribution in [0.5, 0.6) is 0 Å². The summed E-state index contributed by atoms with van der Waals surface area (Å²) in [5, 5.41) is 9.25. The third-order valence-electron chi connectivity index (χ3n) is 1.54. The molecule has 0 saturated carbocycles. The summed E-state index contributed by atoms with van der Waals surface area (Å²) in [5.74, 6) is -1.36. The zero-order valence-corrected chi connectivity index (χ0v) is 8.80. The molecule has 0 aliphatic carbocycles. The standard InChI is InChI=1S/C9H14O6/c1-5(11)9(15-7(3)13)8(4-10)14-6(2)12/h4-5,8-9,11H,1-3H3/t5-,8+,9-/m0/s1. The molecule has 0 aliphatic heterocycles. The molecule has 0 unspecified atom stereocenters. The molecular formula is C9H14O6. The molecule has 6 heteroatoms. The van der Waals surface area contributed by atoms with E-state index in [1.165, 1.54) is 6.92 Å². The van der Waals surface area contributed by atoms with E-state index in [1.54, 1.807) is 0 Å². The highest BCUT2D eigenvalue weighted by molar-refractivity contribution is 5.71. The number of carbonyl (C=O) groups excluding carboxylic acids is 3. The van der Waals surface area contributed by atoms with Gasteiger partial charge in [0.05, 0.1) is 6.10 Å². The Hall–Kier alpha value is -1.43. The summed E-state index contributed by atoms with van der Waals surface area (Å²) in [7, 11) is 0. The van der Waals surface area contributed by atoms with E-state index >= 15 is 0 Å². The summed E-state index contributed by atoms with van der Waals surface area (Å²) in [6.45, 7) is 3.57. The Morgan fingerprint density at radius 2 is 1.67 bits per heavy atom. The monoisotopic (exact) mass is 218 g/mol. The fourth-order valence-electron chi connectivity index (χ4n) is 0.996. The first-order chi connectivity index (χ1) is 6.88. The minimum Gasteiger partial charge on any atom is -0.455 e. The van der Waals surface area contributed by atoms with Crippen molar-refractivity contribution in [3.05, 3.63) is 0 Å². The number of rotatable bonds is 5. The molecule has 0 aliphatic rings. The Labute approximate surface area is 87.2 Å². The zero-order chi connectivity index (χ0) is 12.0.